The van der Waals surface area contributed by atoms with Crippen LogP contribution in [-0.2, 0) is 4.74 Å². The monoisotopic (exact) mass is 329 g/mol. The molecule has 0 aliphatic carbocycles. The minimum absolute atomic E-state index is 0.618. The summed E-state index contributed by atoms with van der Waals surface area (Å²) in [4.78, 5) is 0. The Kier molecular flexibility index (Phi) is 8.88. The Morgan fingerprint density at radius 1 is 1.11 bits per heavy atom. The van der Waals surface area contributed by atoms with Gasteiger partial charge in [-0.15, -0.1) is 0 Å². The predicted octanol–water partition coefficient (Wildman–Crippen LogP) is 3.48. The number of hydrogen-bond donors (Lipinski definition) is 1. The molecule has 108 valence electrons. The number of halogens is 1. The van der Waals surface area contributed by atoms with Crippen LogP contribution in [0.25, 0.3) is 0 Å². The van der Waals surface area contributed by atoms with Crippen LogP contribution in [0.2, 0.25) is 0 Å². The fourth-order valence-corrected chi connectivity index (χ4v) is 1.78. The summed E-state index contributed by atoms with van der Waals surface area (Å²) in [6, 6.07) is 7.89. The van der Waals surface area contributed by atoms with E-state index in [9.17, 15) is 0 Å². The highest BCUT2D eigenvalue weighted by molar-refractivity contribution is 9.10. The highest BCUT2D eigenvalue weighted by atomic mass is 79.9. The van der Waals surface area contributed by atoms with Gasteiger partial charge in [0.1, 0.15) is 12.4 Å². The molecule has 0 bridgehead atoms. The summed E-state index contributed by atoms with van der Waals surface area (Å²) in [5, 5.41) is 3.34. The second kappa shape index (κ2) is 10.2. The number of rotatable bonds is 10. The third-order valence-corrected chi connectivity index (χ3v) is 2.98. The van der Waals surface area contributed by atoms with E-state index < -0.39 is 0 Å². The topological polar surface area (TPSA) is 30.5 Å². The number of hydrogen-bond acceptors (Lipinski definition) is 3. The first-order valence-electron chi connectivity index (χ1n) is 6.85. The lowest BCUT2D eigenvalue weighted by atomic mass is 10.2. The Morgan fingerprint density at radius 3 is 2.53 bits per heavy atom. The zero-order chi connectivity index (χ0) is 13.9. The van der Waals surface area contributed by atoms with Crippen LogP contribution in [0.4, 0.5) is 0 Å². The van der Waals surface area contributed by atoms with Crippen molar-refractivity contribution in [3.8, 4) is 5.75 Å². The lowest BCUT2D eigenvalue weighted by Crippen LogP contribution is -2.23. The van der Waals surface area contributed by atoms with Gasteiger partial charge in [-0.1, -0.05) is 29.8 Å². The van der Waals surface area contributed by atoms with Crippen molar-refractivity contribution in [3.63, 3.8) is 0 Å². The van der Waals surface area contributed by atoms with Crippen LogP contribution in [0.5, 0.6) is 5.75 Å². The van der Waals surface area contributed by atoms with Gasteiger partial charge in [0.2, 0.25) is 0 Å². The fourth-order valence-electron chi connectivity index (χ4n) is 1.52. The molecule has 0 radical (unpaired) electrons. The van der Waals surface area contributed by atoms with Gasteiger partial charge in [-0.3, -0.25) is 0 Å². The Hall–Kier alpha value is -0.580. The minimum atomic E-state index is 0.618. The van der Waals surface area contributed by atoms with E-state index in [1.807, 2.05) is 24.3 Å². The molecule has 0 unspecified atom stereocenters. The maximum atomic E-state index is 5.61. The van der Waals surface area contributed by atoms with Crippen LogP contribution in [-0.4, -0.2) is 32.9 Å². The summed E-state index contributed by atoms with van der Waals surface area (Å²) in [5.74, 6) is 1.53. The molecule has 1 rings (SSSR count). The molecule has 0 saturated carbocycles. The maximum Gasteiger partial charge on any atom is 0.119 e. The van der Waals surface area contributed by atoms with Crippen molar-refractivity contribution in [1.29, 1.82) is 0 Å². The van der Waals surface area contributed by atoms with Crippen molar-refractivity contribution in [2.45, 2.75) is 20.3 Å². The van der Waals surface area contributed by atoms with Gasteiger partial charge >= 0.3 is 0 Å². The molecule has 0 spiro atoms. The van der Waals surface area contributed by atoms with Crippen molar-refractivity contribution in [2.24, 2.45) is 5.92 Å². The summed E-state index contributed by atoms with van der Waals surface area (Å²) in [6.45, 7) is 8.54. The van der Waals surface area contributed by atoms with Gasteiger partial charge in [0.15, 0.2) is 0 Å². The Labute approximate surface area is 124 Å². The molecule has 0 saturated heterocycles. The normalized spacial score (nSPS) is 10.9. The number of ether oxygens (including phenoxy) is 2. The quantitative estimate of drug-likeness (QED) is 0.666. The summed E-state index contributed by atoms with van der Waals surface area (Å²) < 4.78 is 12.2. The first kappa shape index (κ1) is 16.5. The van der Waals surface area contributed by atoms with Crippen molar-refractivity contribution in [2.75, 3.05) is 32.9 Å². The van der Waals surface area contributed by atoms with E-state index in [-0.39, 0.29) is 0 Å². The second-order valence-corrected chi connectivity index (χ2v) is 5.79. The highest BCUT2D eigenvalue weighted by Gasteiger charge is 1.95. The molecule has 0 aliphatic heterocycles. The van der Waals surface area contributed by atoms with Crippen molar-refractivity contribution in [1.82, 2.24) is 5.32 Å². The van der Waals surface area contributed by atoms with E-state index in [0.717, 1.165) is 42.9 Å². The molecular weight excluding hydrogens is 306 g/mol. The first-order valence-corrected chi connectivity index (χ1v) is 7.64. The van der Waals surface area contributed by atoms with Crippen LogP contribution in [0.15, 0.2) is 28.7 Å². The molecule has 0 amide bonds. The molecule has 0 atom stereocenters. The van der Waals surface area contributed by atoms with Gasteiger partial charge < -0.3 is 14.8 Å². The lowest BCUT2D eigenvalue weighted by molar-refractivity contribution is 0.108. The molecule has 19 heavy (non-hydrogen) atoms. The highest BCUT2D eigenvalue weighted by Crippen LogP contribution is 2.15. The van der Waals surface area contributed by atoms with E-state index >= 15 is 0 Å². The third-order valence-electron chi connectivity index (χ3n) is 2.45. The molecule has 4 heteroatoms. The third kappa shape index (κ3) is 9.03. The largest absolute Gasteiger partial charge is 0.492 e. The van der Waals surface area contributed by atoms with Crippen LogP contribution in [0.1, 0.15) is 20.3 Å². The fraction of sp³-hybridized carbons (Fsp3) is 0.600. The molecule has 1 aromatic carbocycles. The SMILES string of the molecule is CC(C)COCCCNCCOc1ccc(Br)cc1. The Bertz CT molecular complexity index is 327. The molecule has 0 heterocycles. The molecule has 3 nitrogen and oxygen atoms in total. The predicted molar refractivity (Wildman–Crippen MR) is 82.8 cm³/mol. The van der Waals surface area contributed by atoms with E-state index in [1.165, 1.54) is 0 Å². The molecule has 0 fully saturated rings. The van der Waals surface area contributed by atoms with Crippen molar-refractivity contribution >= 4 is 15.9 Å². The zero-order valence-corrected chi connectivity index (χ0v) is 13.4. The average Bonchev–Trinajstić information content (AvgIpc) is 2.38. The van der Waals surface area contributed by atoms with Gasteiger partial charge in [-0.2, -0.15) is 0 Å². The van der Waals surface area contributed by atoms with Crippen molar-refractivity contribution < 1.29 is 9.47 Å². The average molecular weight is 330 g/mol. The number of benzene rings is 1. The van der Waals surface area contributed by atoms with E-state index in [0.29, 0.717) is 12.5 Å². The minimum Gasteiger partial charge on any atom is -0.492 e. The number of nitrogens with one attached hydrogen (secondary N) is 1. The van der Waals surface area contributed by atoms with E-state index in [4.69, 9.17) is 9.47 Å². The van der Waals surface area contributed by atoms with Gasteiger partial charge in [-0.25, -0.2) is 0 Å². The van der Waals surface area contributed by atoms with Crippen LogP contribution >= 0.6 is 15.9 Å². The smallest absolute Gasteiger partial charge is 0.119 e. The summed E-state index contributed by atoms with van der Waals surface area (Å²) in [5.41, 5.74) is 0. The Morgan fingerprint density at radius 2 is 1.84 bits per heavy atom. The second-order valence-electron chi connectivity index (χ2n) is 4.87. The van der Waals surface area contributed by atoms with Gasteiger partial charge in [0.25, 0.3) is 0 Å². The lowest BCUT2D eigenvalue weighted by Gasteiger charge is -2.09. The van der Waals surface area contributed by atoms with Gasteiger partial charge in [0.05, 0.1) is 0 Å². The van der Waals surface area contributed by atoms with E-state index in [1.54, 1.807) is 0 Å². The van der Waals surface area contributed by atoms with E-state index in [2.05, 4.69) is 35.1 Å². The summed E-state index contributed by atoms with van der Waals surface area (Å²) in [7, 11) is 0. The summed E-state index contributed by atoms with van der Waals surface area (Å²) in [6.07, 6.45) is 1.05. The van der Waals surface area contributed by atoms with Crippen LogP contribution in [0.3, 0.4) is 0 Å². The van der Waals surface area contributed by atoms with Crippen molar-refractivity contribution in [3.05, 3.63) is 28.7 Å². The molecular formula is C15H24BrNO2. The standard InChI is InChI=1S/C15H24BrNO2/c1-13(2)12-18-10-3-8-17-9-11-19-15-6-4-14(16)5-7-15/h4-7,13,17H,3,8-12H2,1-2H3. The van der Waals surface area contributed by atoms with Gasteiger partial charge in [-0.05, 0) is 43.1 Å². The maximum absolute atomic E-state index is 5.61. The summed E-state index contributed by atoms with van der Waals surface area (Å²) >= 11 is 3.40. The molecule has 1 N–H and O–H groups in total. The molecule has 0 aliphatic rings. The van der Waals surface area contributed by atoms with Gasteiger partial charge in [0, 0.05) is 24.2 Å². The molecule has 0 aromatic heterocycles. The Balaban J connectivity index is 1.90. The molecule has 1 aromatic rings. The first-order chi connectivity index (χ1) is 9.18. The van der Waals surface area contributed by atoms with Crippen LogP contribution < -0.4 is 10.1 Å². The zero-order valence-electron chi connectivity index (χ0n) is 11.8. The van der Waals surface area contributed by atoms with Crippen LogP contribution in [0, 0.1) is 5.92 Å².